The van der Waals surface area contributed by atoms with E-state index in [4.69, 9.17) is 5.73 Å². The Morgan fingerprint density at radius 1 is 0.963 bits per heavy atom. The first-order valence-corrected chi connectivity index (χ1v) is 8.76. The Labute approximate surface area is 162 Å². The summed E-state index contributed by atoms with van der Waals surface area (Å²) in [5.41, 5.74) is 5.31. The summed E-state index contributed by atoms with van der Waals surface area (Å²) in [7, 11) is 0. The zero-order chi connectivity index (χ0) is 18.9. The van der Waals surface area contributed by atoms with Crippen LogP contribution >= 0.6 is 12.4 Å². The number of carbonyl (C=O) groups is 2. The molecule has 2 unspecified atom stereocenters. The molecule has 2 fully saturated rings. The fourth-order valence-electron chi connectivity index (χ4n) is 3.61. The van der Waals surface area contributed by atoms with Gasteiger partial charge in [0.25, 0.3) is 5.91 Å². The van der Waals surface area contributed by atoms with Crippen molar-refractivity contribution >= 4 is 24.2 Å². The molecule has 1 aliphatic carbocycles. The molecule has 1 saturated heterocycles. The highest BCUT2D eigenvalue weighted by molar-refractivity contribution is 5.94. The minimum Gasteiger partial charge on any atom is -0.339 e. The third-order valence-corrected chi connectivity index (χ3v) is 5.16. The normalized spacial score (nSPS) is 23.1. The standard InChI is InChI=1S/C18H22F3N3O2.ClH/c19-18(20,21)14-4-1-12(2-5-14)16(25)23-7-9-24(10-8-23)17(26)13-3-6-15(22)11-13;/h1-2,4-5,13,15H,3,6-11,22H2;1H. The van der Waals surface area contributed by atoms with Gasteiger partial charge in [-0.25, -0.2) is 0 Å². The van der Waals surface area contributed by atoms with E-state index >= 15 is 0 Å². The maximum absolute atomic E-state index is 12.6. The smallest absolute Gasteiger partial charge is 0.339 e. The van der Waals surface area contributed by atoms with Crippen LogP contribution in [0.4, 0.5) is 13.2 Å². The predicted molar refractivity (Wildman–Crippen MR) is 96.5 cm³/mol. The molecule has 9 heteroatoms. The highest BCUT2D eigenvalue weighted by atomic mass is 35.5. The summed E-state index contributed by atoms with van der Waals surface area (Å²) in [6.07, 6.45) is -2.03. The van der Waals surface area contributed by atoms with Crippen molar-refractivity contribution < 1.29 is 22.8 Å². The molecule has 2 aliphatic rings. The molecule has 0 radical (unpaired) electrons. The molecular weight excluding hydrogens is 383 g/mol. The zero-order valence-corrected chi connectivity index (χ0v) is 15.6. The van der Waals surface area contributed by atoms with Crippen molar-refractivity contribution in [3.63, 3.8) is 0 Å². The van der Waals surface area contributed by atoms with E-state index in [2.05, 4.69) is 0 Å². The minimum absolute atomic E-state index is 0. The summed E-state index contributed by atoms with van der Waals surface area (Å²) in [6.45, 7) is 1.64. The number of hydrogen-bond acceptors (Lipinski definition) is 3. The lowest BCUT2D eigenvalue weighted by molar-refractivity contribution is -0.138. The maximum atomic E-state index is 12.6. The largest absolute Gasteiger partial charge is 0.416 e. The van der Waals surface area contributed by atoms with Crippen LogP contribution in [0.1, 0.15) is 35.2 Å². The van der Waals surface area contributed by atoms with Gasteiger partial charge in [-0.05, 0) is 43.5 Å². The molecular formula is C18H23ClF3N3O2. The van der Waals surface area contributed by atoms with Crippen LogP contribution in [0.25, 0.3) is 0 Å². The predicted octanol–water partition coefficient (Wildman–Crippen LogP) is 2.54. The summed E-state index contributed by atoms with van der Waals surface area (Å²) in [4.78, 5) is 28.3. The first kappa shape index (κ1) is 21.5. The van der Waals surface area contributed by atoms with Gasteiger partial charge < -0.3 is 15.5 Å². The van der Waals surface area contributed by atoms with E-state index in [-0.39, 0.29) is 41.7 Å². The fraction of sp³-hybridized carbons (Fsp3) is 0.556. The number of nitrogens with zero attached hydrogens (tertiary/aromatic N) is 2. The van der Waals surface area contributed by atoms with Crippen molar-refractivity contribution in [1.29, 1.82) is 0 Å². The van der Waals surface area contributed by atoms with Gasteiger partial charge in [0.2, 0.25) is 5.91 Å². The van der Waals surface area contributed by atoms with E-state index in [0.717, 1.165) is 25.0 Å². The zero-order valence-electron chi connectivity index (χ0n) is 14.7. The molecule has 150 valence electrons. The molecule has 2 atom stereocenters. The number of rotatable bonds is 2. The third-order valence-electron chi connectivity index (χ3n) is 5.16. The molecule has 1 aliphatic heterocycles. The monoisotopic (exact) mass is 405 g/mol. The summed E-state index contributed by atoms with van der Waals surface area (Å²) >= 11 is 0. The van der Waals surface area contributed by atoms with Gasteiger partial charge in [0.05, 0.1) is 5.56 Å². The Morgan fingerprint density at radius 2 is 1.52 bits per heavy atom. The SMILES string of the molecule is Cl.NC1CCC(C(=O)N2CCN(C(=O)c3ccc(C(F)(F)F)cc3)CC2)C1. The number of carbonyl (C=O) groups excluding carboxylic acids is 2. The highest BCUT2D eigenvalue weighted by Crippen LogP contribution is 2.29. The number of hydrogen-bond donors (Lipinski definition) is 1. The highest BCUT2D eigenvalue weighted by Gasteiger charge is 2.34. The quantitative estimate of drug-likeness (QED) is 0.822. The first-order valence-electron chi connectivity index (χ1n) is 8.76. The van der Waals surface area contributed by atoms with Crippen molar-refractivity contribution in [2.45, 2.75) is 31.5 Å². The molecule has 5 nitrogen and oxygen atoms in total. The van der Waals surface area contributed by atoms with Crippen LogP contribution in [0.3, 0.4) is 0 Å². The molecule has 2 N–H and O–H groups in total. The molecule has 27 heavy (non-hydrogen) atoms. The van der Waals surface area contributed by atoms with Crippen LogP contribution in [0.15, 0.2) is 24.3 Å². The lowest BCUT2D eigenvalue weighted by Crippen LogP contribution is -2.51. The Kier molecular flexibility index (Phi) is 6.75. The maximum Gasteiger partial charge on any atom is 0.416 e. The molecule has 1 aromatic carbocycles. The van der Waals surface area contributed by atoms with E-state index in [1.165, 1.54) is 12.1 Å². The molecule has 1 heterocycles. The lowest BCUT2D eigenvalue weighted by Gasteiger charge is -2.36. The Balaban J connectivity index is 0.00000261. The minimum atomic E-state index is -4.42. The molecule has 1 saturated carbocycles. The van der Waals surface area contributed by atoms with Crippen LogP contribution in [0.5, 0.6) is 0 Å². The second-order valence-corrected chi connectivity index (χ2v) is 6.96. The van der Waals surface area contributed by atoms with Crippen LogP contribution in [0.2, 0.25) is 0 Å². The molecule has 0 bridgehead atoms. The summed E-state index contributed by atoms with van der Waals surface area (Å²) in [5.74, 6) is -0.240. The Morgan fingerprint density at radius 3 is 2.00 bits per heavy atom. The number of nitrogens with two attached hydrogens (primary N) is 1. The van der Waals surface area contributed by atoms with Gasteiger partial charge in [-0.15, -0.1) is 12.4 Å². The van der Waals surface area contributed by atoms with Crippen LogP contribution in [-0.4, -0.2) is 53.8 Å². The van der Waals surface area contributed by atoms with Gasteiger partial charge in [0, 0.05) is 43.7 Å². The van der Waals surface area contributed by atoms with E-state index in [0.29, 0.717) is 32.6 Å². The van der Waals surface area contributed by atoms with Crippen LogP contribution in [0, 0.1) is 5.92 Å². The summed E-state index contributed by atoms with van der Waals surface area (Å²) in [5, 5.41) is 0. The van der Waals surface area contributed by atoms with Crippen LogP contribution in [-0.2, 0) is 11.0 Å². The first-order chi connectivity index (χ1) is 12.3. The average molecular weight is 406 g/mol. The van der Waals surface area contributed by atoms with Gasteiger partial charge in [0.15, 0.2) is 0 Å². The van der Waals surface area contributed by atoms with E-state index in [1.807, 2.05) is 0 Å². The molecule has 3 rings (SSSR count). The van der Waals surface area contributed by atoms with Gasteiger partial charge in [-0.3, -0.25) is 9.59 Å². The number of piperazine rings is 1. The second-order valence-electron chi connectivity index (χ2n) is 6.96. The summed E-state index contributed by atoms with van der Waals surface area (Å²) in [6, 6.07) is 4.31. The lowest BCUT2D eigenvalue weighted by atomic mass is 10.1. The van der Waals surface area contributed by atoms with Gasteiger partial charge >= 0.3 is 6.18 Å². The van der Waals surface area contributed by atoms with E-state index < -0.39 is 11.7 Å². The van der Waals surface area contributed by atoms with E-state index in [1.54, 1.807) is 9.80 Å². The number of halogens is 4. The van der Waals surface area contributed by atoms with Gasteiger partial charge in [0.1, 0.15) is 0 Å². The van der Waals surface area contributed by atoms with E-state index in [9.17, 15) is 22.8 Å². The molecule has 1 aromatic rings. The number of amides is 2. The number of benzene rings is 1. The van der Waals surface area contributed by atoms with Gasteiger partial charge in [-0.1, -0.05) is 0 Å². The molecule has 2 amide bonds. The molecule has 0 aromatic heterocycles. The van der Waals surface area contributed by atoms with Crippen molar-refractivity contribution in [1.82, 2.24) is 9.80 Å². The Hall–Kier alpha value is -1.80. The third kappa shape index (κ3) is 4.93. The number of alkyl halides is 3. The Bertz CT molecular complexity index is 673. The second kappa shape index (κ2) is 8.48. The molecule has 0 spiro atoms. The van der Waals surface area contributed by atoms with Gasteiger partial charge in [-0.2, -0.15) is 13.2 Å². The van der Waals surface area contributed by atoms with Crippen molar-refractivity contribution in [3.05, 3.63) is 35.4 Å². The van der Waals surface area contributed by atoms with Crippen LogP contribution < -0.4 is 5.73 Å². The summed E-state index contributed by atoms with van der Waals surface area (Å²) < 4.78 is 37.8. The fourth-order valence-corrected chi connectivity index (χ4v) is 3.61. The average Bonchev–Trinajstić information content (AvgIpc) is 3.06. The van der Waals surface area contributed by atoms with Crippen molar-refractivity contribution in [2.75, 3.05) is 26.2 Å². The van der Waals surface area contributed by atoms with Crippen molar-refractivity contribution in [2.24, 2.45) is 11.7 Å². The topological polar surface area (TPSA) is 66.6 Å². The van der Waals surface area contributed by atoms with Crippen molar-refractivity contribution in [3.8, 4) is 0 Å².